The number of H-pyrrole nitrogens is 1. The molecule has 0 aromatic carbocycles. The molecule has 1 saturated carbocycles. The second kappa shape index (κ2) is 7.21. The number of nitrogens with zero attached hydrogens (tertiary/aromatic N) is 4. The van der Waals surface area contributed by atoms with Crippen LogP contribution in [0.25, 0.3) is 11.4 Å². The largest absolute Gasteiger partial charge is 0.433 e. The maximum Gasteiger partial charge on any atom is 0.433 e. The highest BCUT2D eigenvalue weighted by Crippen LogP contribution is 2.39. The Bertz CT molecular complexity index is 1060. The van der Waals surface area contributed by atoms with Gasteiger partial charge in [-0.1, -0.05) is 0 Å². The molecule has 1 fully saturated rings. The molecule has 3 heterocycles. The van der Waals surface area contributed by atoms with Crippen molar-refractivity contribution in [2.24, 2.45) is 0 Å². The average Bonchev–Trinajstić information content (AvgIpc) is 3.25. The van der Waals surface area contributed by atoms with Gasteiger partial charge in [-0.2, -0.15) is 22.6 Å². The third kappa shape index (κ3) is 4.00. The van der Waals surface area contributed by atoms with Crippen LogP contribution in [-0.2, 0) is 6.18 Å². The Morgan fingerprint density at radius 2 is 2.14 bits per heavy atom. The first kappa shape index (κ1) is 19.5. The highest BCUT2D eigenvalue weighted by molar-refractivity contribution is 7.05. The van der Waals surface area contributed by atoms with Crippen LogP contribution in [0.5, 0.6) is 0 Å². The predicted octanol–water partition coefficient (Wildman–Crippen LogP) is 4.02. The van der Waals surface area contributed by atoms with Gasteiger partial charge in [-0.25, -0.2) is 4.98 Å². The fourth-order valence-corrected chi connectivity index (χ4v) is 3.61. The van der Waals surface area contributed by atoms with Crippen LogP contribution in [0.1, 0.15) is 64.2 Å². The fraction of sp³-hybridized carbons (Fsp3) is 0.389. The van der Waals surface area contributed by atoms with E-state index in [1.54, 1.807) is 13.1 Å². The van der Waals surface area contributed by atoms with Crippen LogP contribution < -0.4 is 5.32 Å². The van der Waals surface area contributed by atoms with E-state index in [0.717, 1.165) is 35.6 Å². The lowest BCUT2D eigenvalue weighted by Gasteiger charge is -2.10. The summed E-state index contributed by atoms with van der Waals surface area (Å²) in [7, 11) is 0. The van der Waals surface area contributed by atoms with Crippen molar-refractivity contribution in [2.75, 3.05) is 0 Å². The van der Waals surface area contributed by atoms with Gasteiger partial charge in [0, 0.05) is 28.9 Å². The molecule has 7 nitrogen and oxygen atoms in total. The zero-order valence-corrected chi connectivity index (χ0v) is 16.4. The molecule has 4 rings (SSSR count). The lowest BCUT2D eigenvalue weighted by molar-refractivity contribution is -0.141. The minimum absolute atomic E-state index is 0.246. The number of carbonyl (C=O) groups is 1. The van der Waals surface area contributed by atoms with Crippen molar-refractivity contribution in [3.05, 3.63) is 46.0 Å². The number of aromatic amines is 1. The summed E-state index contributed by atoms with van der Waals surface area (Å²) in [6.07, 6.45) is -0.595. The second-order valence-corrected chi connectivity index (χ2v) is 7.75. The van der Waals surface area contributed by atoms with E-state index in [2.05, 4.69) is 24.8 Å². The molecule has 0 bridgehead atoms. The Balaban J connectivity index is 1.48. The summed E-state index contributed by atoms with van der Waals surface area (Å²) in [6, 6.07) is 3.26. The summed E-state index contributed by atoms with van der Waals surface area (Å²) in [5.41, 5.74) is 0.301. The highest BCUT2D eigenvalue weighted by Gasteiger charge is 2.37. The van der Waals surface area contributed by atoms with Gasteiger partial charge in [0.1, 0.15) is 10.7 Å². The highest BCUT2D eigenvalue weighted by atomic mass is 32.1. The molecule has 2 N–H and O–H groups in total. The molecule has 0 unspecified atom stereocenters. The standard InChI is InChI=1S/C18H17F3N6OS/c1-8-13(25-26-14(8)18(19,20)21)16(28)23-9(2)17-24-15(27-29-17)11-5-6-22-12(7-11)10-3-4-10/h5-7,9-10H,3-4H2,1-2H3,(H,23,28)(H,25,26)/t9-/m0/s1. The molecule has 0 spiro atoms. The number of carbonyl (C=O) groups excluding carboxylic acids is 1. The molecule has 1 amide bonds. The van der Waals surface area contributed by atoms with Gasteiger partial charge in [0.15, 0.2) is 11.5 Å². The van der Waals surface area contributed by atoms with Crippen molar-refractivity contribution in [2.45, 2.75) is 44.8 Å². The maximum absolute atomic E-state index is 12.9. The monoisotopic (exact) mass is 422 g/mol. The first-order chi connectivity index (χ1) is 13.7. The number of alkyl halides is 3. The second-order valence-electron chi connectivity index (χ2n) is 6.97. The van der Waals surface area contributed by atoms with E-state index in [0.29, 0.717) is 16.7 Å². The maximum atomic E-state index is 12.9. The molecule has 1 aliphatic rings. The SMILES string of the molecule is Cc1c(C(=O)N[C@@H](C)c2nc(-c3ccnc(C4CC4)c3)ns2)n[nH]c1C(F)(F)F. The zero-order chi connectivity index (χ0) is 20.8. The van der Waals surface area contributed by atoms with E-state index in [1.165, 1.54) is 6.92 Å². The van der Waals surface area contributed by atoms with E-state index in [4.69, 9.17) is 0 Å². The number of halogens is 3. The third-order valence-electron chi connectivity index (χ3n) is 4.70. The summed E-state index contributed by atoms with van der Waals surface area (Å²) in [5.74, 6) is 0.328. The number of nitrogens with one attached hydrogen (secondary N) is 2. The normalized spacial score (nSPS) is 15.3. The quantitative estimate of drug-likeness (QED) is 0.647. The van der Waals surface area contributed by atoms with Crippen molar-refractivity contribution in [3.8, 4) is 11.4 Å². The molecule has 11 heteroatoms. The van der Waals surface area contributed by atoms with Gasteiger partial charge in [-0.3, -0.25) is 14.9 Å². The van der Waals surface area contributed by atoms with Crippen molar-refractivity contribution >= 4 is 17.4 Å². The Morgan fingerprint density at radius 3 is 2.79 bits per heavy atom. The van der Waals surface area contributed by atoms with Crippen LogP contribution >= 0.6 is 11.5 Å². The van der Waals surface area contributed by atoms with Gasteiger partial charge in [-0.05, 0) is 50.4 Å². The van der Waals surface area contributed by atoms with E-state index in [1.807, 2.05) is 17.2 Å². The summed E-state index contributed by atoms with van der Waals surface area (Å²) < 4.78 is 43.0. The van der Waals surface area contributed by atoms with Crippen LogP contribution in [0.3, 0.4) is 0 Å². The molecular weight excluding hydrogens is 405 g/mol. The number of hydrogen-bond acceptors (Lipinski definition) is 6. The fourth-order valence-electron chi connectivity index (χ4n) is 2.94. The minimum atomic E-state index is -4.60. The van der Waals surface area contributed by atoms with Crippen LogP contribution in [0.4, 0.5) is 13.2 Å². The number of rotatable bonds is 5. The minimum Gasteiger partial charge on any atom is -0.342 e. The number of hydrogen-bond donors (Lipinski definition) is 2. The summed E-state index contributed by atoms with van der Waals surface area (Å²) in [6.45, 7) is 2.90. The topological polar surface area (TPSA) is 96.5 Å². The lowest BCUT2D eigenvalue weighted by Crippen LogP contribution is -2.27. The smallest absolute Gasteiger partial charge is 0.342 e. The van der Waals surface area contributed by atoms with Crippen molar-refractivity contribution in [1.82, 2.24) is 29.9 Å². The van der Waals surface area contributed by atoms with Gasteiger partial charge in [0.05, 0.1) is 6.04 Å². The van der Waals surface area contributed by atoms with Gasteiger partial charge in [-0.15, -0.1) is 0 Å². The molecule has 1 aliphatic carbocycles. The molecule has 3 aromatic heterocycles. The number of amides is 1. The lowest BCUT2D eigenvalue weighted by atomic mass is 10.1. The molecule has 152 valence electrons. The molecule has 0 aliphatic heterocycles. The first-order valence-corrected chi connectivity index (χ1v) is 9.74. The molecule has 1 atom stereocenters. The van der Waals surface area contributed by atoms with Crippen LogP contribution in [-0.4, -0.2) is 30.4 Å². The van der Waals surface area contributed by atoms with Crippen LogP contribution in [0.15, 0.2) is 18.3 Å². The predicted molar refractivity (Wildman–Crippen MR) is 99.3 cm³/mol. The molecule has 29 heavy (non-hydrogen) atoms. The van der Waals surface area contributed by atoms with Crippen LogP contribution in [0, 0.1) is 6.92 Å². The Kier molecular flexibility index (Phi) is 4.85. The number of pyridine rings is 1. The number of aromatic nitrogens is 5. The first-order valence-electron chi connectivity index (χ1n) is 8.97. The molecule has 3 aromatic rings. The van der Waals surface area contributed by atoms with E-state index in [9.17, 15) is 18.0 Å². The van der Waals surface area contributed by atoms with Crippen molar-refractivity contribution in [1.29, 1.82) is 0 Å². The van der Waals surface area contributed by atoms with Gasteiger partial charge >= 0.3 is 6.18 Å². The average molecular weight is 422 g/mol. The van der Waals surface area contributed by atoms with Gasteiger partial charge < -0.3 is 5.32 Å². The third-order valence-corrected chi connectivity index (χ3v) is 5.60. The van der Waals surface area contributed by atoms with Crippen molar-refractivity contribution in [3.63, 3.8) is 0 Å². The van der Waals surface area contributed by atoms with Crippen molar-refractivity contribution < 1.29 is 18.0 Å². The van der Waals surface area contributed by atoms with E-state index >= 15 is 0 Å². The molecule has 0 saturated heterocycles. The Morgan fingerprint density at radius 1 is 1.38 bits per heavy atom. The summed E-state index contributed by atoms with van der Waals surface area (Å²) >= 11 is 1.13. The molecule has 0 radical (unpaired) electrons. The summed E-state index contributed by atoms with van der Waals surface area (Å²) in [5, 5.41) is 8.58. The molecular formula is C18H17F3N6OS. The summed E-state index contributed by atoms with van der Waals surface area (Å²) in [4.78, 5) is 21.2. The van der Waals surface area contributed by atoms with E-state index in [-0.39, 0.29) is 11.3 Å². The van der Waals surface area contributed by atoms with E-state index < -0.39 is 23.8 Å². The van der Waals surface area contributed by atoms with Gasteiger partial charge in [0.2, 0.25) is 0 Å². The van der Waals surface area contributed by atoms with Crippen LogP contribution in [0.2, 0.25) is 0 Å². The zero-order valence-electron chi connectivity index (χ0n) is 15.5. The Labute approximate surface area is 168 Å². The Hall–Kier alpha value is -2.82. The van der Waals surface area contributed by atoms with Gasteiger partial charge in [0.25, 0.3) is 5.91 Å².